The lowest BCUT2D eigenvalue weighted by Crippen LogP contribution is -2.28. The molecule has 28 heavy (non-hydrogen) atoms. The van der Waals surface area contributed by atoms with E-state index in [4.69, 9.17) is 4.74 Å². The van der Waals surface area contributed by atoms with Crippen LogP contribution in [0.2, 0.25) is 0 Å². The first-order chi connectivity index (χ1) is 13.5. The summed E-state index contributed by atoms with van der Waals surface area (Å²) < 4.78 is 31.8. The Morgan fingerprint density at radius 1 is 1.21 bits per heavy atom. The van der Waals surface area contributed by atoms with Crippen molar-refractivity contribution in [2.24, 2.45) is 0 Å². The van der Waals surface area contributed by atoms with E-state index in [0.29, 0.717) is 12.1 Å². The van der Waals surface area contributed by atoms with Crippen LogP contribution in [0.5, 0.6) is 5.75 Å². The molecule has 0 saturated carbocycles. The lowest BCUT2D eigenvalue weighted by atomic mass is 10.0. The average molecular weight is 401 g/mol. The summed E-state index contributed by atoms with van der Waals surface area (Å²) in [6, 6.07) is 14.9. The predicted octanol–water partition coefficient (Wildman–Crippen LogP) is 2.98. The fraction of sp³-hybridized carbons (Fsp3) is 0.286. The number of hydrogen-bond acceptors (Lipinski definition) is 4. The van der Waals surface area contributed by atoms with Crippen LogP contribution in [0.3, 0.4) is 0 Å². The third-order valence-corrected chi connectivity index (χ3v) is 6.32. The van der Waals surface area contributed by atoms with E-state index in [2.05, 4.69) is 4.72 Å². The number of sulfonamides is 1. The van der Waals surface area contributed by atoms with Gasteiger partial charge in [-0.15, -0.1) is 0 Å². The molecule has 1 heterocycles. The molecule has 1 aliphatic rings. The van der Waals surface area contributed by atoms with Gasteiger partial charge in [0.1, 0.15) is 10.6 Å². The topological polar surface area (TPSA) is 75.7 Å². The van der Waals surface area contributed by atoms with E-state index in [-0.39, 0.29) is 22.6 Å². The van der Waals surface area contributed by atoms with Gasteiger partial charge >= 0.3 is 0 Å². The zero-order chi connectivity index (χ0) is 20.1. The van der Waals surface area contributed by atoms with Crippen LogP contribution >= 0.6 is 0 Å². The van der Waals surface area contributed by atoms with Crippen LogP contribution in [0.25, 0.3) is 6.08 Å². The molecule has 1 N–H and O–H groups in total. The molecule has 2 aromatic rings. The van der Waals surface area contributed by atoms with E-state index in [9.17, 15) is 13.2 Å². The lowest BCUT2D eigenvalue weighted by Gasteiger charge is -2.23. The van der Waals surface area contributed by atoms with Crippen molar-refractivity contribution in [3.05, 3.63) is 65.7 Å². The largest absolute Gasteiger partial charge is 0.495 e. The molecule has 148 valence electrons. The molecule has 1 fully saturated rings. The predicted molar refractivity (Wildman–Crippen MR) is 108 cm³/mol. The Balaban J connectivity index is 1.82. The van der Waals surface area contributed by atoms with Crippen molar-refractivity contribution in [3.63, 3.8) is 0 Å². The standard InChI is InChI=1S/C21H24N2O4S/c1-22-28(25,26)20-15-16(10-12-19(20)27-2)11-13-21(24)23-14-6-9-18(23)17-7-4-3-5-8-17/h3-5,7-8,10-13,15,18,22H,6,9,14H2,1-2H3/b13-11+. The number of ether oxygens (including phenoxy) is 1. The summed E-state index contributed by atoms with van der Waals surface area (Å²) in [5.74, 6) is 0.168. The minimum atomic E-state index is -3.67. The van der Waals surface area contributed by atoms with E-state index in [1.807, 2.05) is 35.2 Å². The first-order valence-electron chi connectivity index (χ1n) is 9.11. The SMILES string of the molecule is CNS(=O)(=O)c1cc(/C=C/C(=O)N2CCCC2c2ccccc2)ccc1OC. The third kappa shape index (κ3) is 4.26. The Labute approximate surface area is 165 Å². The first-order valence-corrected chi connectivity index (χ1v) is 10.6. The van der Waals surface area contributed by atoms with Crippen molar-refractivity contribution in [2.45, 2.75) is 23.8 Å². The van der Waals surface area contributed by atoms with E-state index < -0.39 is 10.0 Å². The Kier molecular flexibility index (Phi) is 6.16. The average Bonchev–Trinajstić information content (AvgIpc) is 3.22. The summed E-state index contributed by atoms with van der Waals surface area (Å²) in [6.45, 7) is 0.713. The summed E-state index contributed by atoms with van der Waals surface area (Å²) in [5.41, 5.74) is 1.74. The number of methoxy groups -OCH3 is 1. The van der Waals surface area contributed by atoms with Crippen LogP contribution in [-0.2, 0) is 14.8 Å². The molecule has 2 aromatic carbocycles. The molecule has 0 spiro atoms. The van der Waals surface area contributed by atoms with Gasteiger partial charge in [0.05, 0.1) is 13.2 Å². The van der Waals surface area contributed by atoms with Gasteiger partial charge in [-0.25, -0.2) is 13.1 Å². The Bertz CT molecular complexity index is 971. The molecular formula is C21H24N2O4S. The summed E-state index contributed by atoms with van der Waals surface area (Å²) in [5, 5.41) is 0. The van der Waals surface area contributed by atoms with Gasteiger partial charge < -0.3 is 9.64 Å². The molecule has 0 radical (unpaired) electrons. The molecule has 0 aliphatic carbocycles. The highest BCUT2D eigenvalue weighted by molar-refractivity contribution is 7.89. The van der Waals surface area contributed by atoms with Crippen molar-refractivity contribution in [3.8, 4) is 5.75 Å². The van der Waals surface area contributed by atoms with Gasteiger partial charge in [-0.05, 0) is 49.2 Å². The van der Waals surface area contributed by atoms with Crippen molar-refractivity contribution in [2.75, 3.05) is 20.7 Å². The Morgan fingerprint density at radius 2 is 1.96 bits per heavy atom. The summed E-state index contributed by atoms with van der Waals surface area (Å²) in [7, 11) is -0.905. The molecule has 1 atom stereocenters. The van der Waals surface area contributed by atoms with Gasteiger partial charge in [0.25, 0.3) is 0 Å². The smallest absolute Gasteiger partial charge is 0.247 e. The quantitative estimate of drug-likeness (QED) is 0.757. The fourth-order valence-corrected chi connectivity index (χ4v) is 4.36. The number of amides is 1. The normalized spacial score (nSPS) is 17.2. The number of nitrogens with zero attached hydrogens (tertiary/aromatic N) is 1. The van der Waals surface area contributed by atoms with Gasteiger partial charge in [0, 0.05) is 12.6 Å². The number of nitrogens with one attached hydrogen (secondary N) is 1. The van der Waals surface area contributed by atoms with Crippen LogP contribution in [0.1, 0.15) is 30.0 Å². The van der Waals surface area contributed by atoms with Crippen molar-refractivity contribution >= 4 is 22.0 Å². The fourth-order valence-electron chi connectivity index (χ4n) is 3.43. The third-order valence-electron chi connectivity index (χ3n) is 4.88. The minimum absolute atomic E-state index is 0.0374. The number of carbonyl (C=O) groups is 1. The van der Waals surface area contributed by atoms with Crippen LogP contribution in [-0.4, -0.2) is 39.9 Å². The van der Waals surface area contributed by atoms with Gasteiger partial charge in [0.15, 0.2) is 0 Å². The van der Waals surface area contributed by atoms with Crippen LogP contribution in [0.15, 0.2) is 59.5 Å². The highest BCUT2D eigenvalue weighted by atomic mass is 32.2. The molecule has 7 heteroatoms. The molecule has 0 bridgehead atoms. The Morgan fingerprint density at radius 3 is 2.64 bits per heavy atom. The van der Waals surface area contributed by atoms with Crippen LogP contribution in [0.4, 0.5) is 0 Å². The van der Waals surface area contributed by atoms with Crippen molar-refractivity contribution in [1.82, 2.24) is 9.62 Å². The maximum atomic E-state index is 12.7. The van der Waals surface area contributed by atoms with Crippen LogP contribution in [0, 0.1) is 0 Å². The summed E-state index contributed by atoms with van der Waals surface area (Å²) in [4.78, 5) is 14.6. The van der Waals surface area contributed by atoms with Crippen molar-refractivity contribution in [1.29, 1.82) is 0 Å². The monoisotopic (exact) mass is 400 g/mol. The number of rotatable bonds is 6. The Hall–Kier alpha value is -2.64. The molecule has 1 unspecified atom stereocenters. The highest BCUT2D eigenvalue weighted by Crippen LogP contribution is 2.32. The molecule has 1 aliphatic heterocycles. The van der Waals surface area contributed by atoms with E-state index in [1.54, 1.807) is 18.2 Å². The molecule has 3 rings (SSSR count). The van der Waals surface area contributed by atoms with Crippen LogP contribution < -0.4 is 9.46 Å². The van der Waals surface area contributed by atoms with Gasteiger partial charge in [-0.2, -0.15) is 0 Å². The zero-order valence-electron chi connectivity index (χ0n) is 16.0. The molecular weight excluding hydrogens is 376 g/mol. The molecule has 0 aromatic heterocycles. The second-order valence-corrected chi connectivity index (χ2v) is 8.41. The van der Waals surface area contributed by atoms with Gasteiger partial charge in [0.2, 0.25) is 15.9 Å². The maximum Gasteiger partial charge on any atom is 0.247 e. The van der Waals surface area contributed by atoms with E-state index in [1.165, 1.54) is 26.3 Å². The number of likely N-dealkylation sites (tertiary alicyclic amines) is 1. The van der Waals surface area contributed by atoms with Gasteiger partial charge in [-0.3, -0.25) is 4.79 Å². The van der Waals surface area contributed by atoms with Crippen molar-refractivity contribution < 1.29 is 17.9 Å². The molecule has 1 amide bonds. The van der Waals surface area contributed by atoms with E-state index >= 15 is 0 Å². The lowest BCUT2D eigenvalue weighted by molar-refractivity contribution is -0.126. The molecule has 6 nitrogen and oxygen atoms in total. The highest BCUT2D eigenvalue weighted by Gasteiger charge is 2.28. The van der Waals surface area contributed by atoms with Gasteiger partial charge in [-0.1, -0.05) is 36.4 Å². The number of carbonyl (C=O) groups excluding carboxylic acids is 1. The maximum absolute atomic E-state index is 12.7. The minimum Gasteiger partial charge on any atom is -0.495 e. The second-order valence-electron chi connectivity index (χ2n) is 6.55. The number of benzene rings is 2. The zero-order valence-corrected chi connectivity index (χ0v) is 16.8. The summed E-state index contributed by atoms with van der Waals surface area (Å²) >= 11 is 0. The second kappa shape index (κ2) is 8.58. The first kappa shape index (κ1) is 20.1. The van der Waals surface area contributed by atoms with E-state index in [0.717, 1.165) is 18.4 Å². The molecule has 1 saturated heterocycles. The number of hydrogen-bond donors (Lipinski definition) is 1. The summed E-state index contributed by atoms with van der Waals surface area (Å²) in [6.07, 6.45) is 5.04.